The summed E-state index contributed by atoms with van der Waals surface area (Å²) in [4.78, 5) is 11.7. The lowest BCUT2D eigenvalue weighted by Gasteiger charge is -2.19. The van der Waals surface area contributed by atoms with E-state index in [1.807, 2.05) is 13.8 Å². The van der Waals surface area contributed by atoms with Gasteiger partial charge in [0.1, 0.15) is 0 Å². The number of hydrogen-bond donors (Lipinski definition) is 2. The lowest BCUT2D eigenvalue weighted by molar-refractivity contribution is -0.123. The van der Waals surface area contributed by atoms with E-state index >= 15 is 0 Å². The van der Waals surface area contributed by atoms with Crippen molar-refractivity contribution in [2.45, 2.75) is 46.2 Å². The lowest BCUT2D eigenvalue weighted by Crippen LogP contribution is -2.41. The molecule has 2 atom stereocenters. The minimum Gasteiger partial charge on any atom is -0.348 e. The predicted molar refractivity (Wildman–Crippen MR) is 70.7 cm³/mol. The number of aryl methyl sites for hydroxylation is 2. The average molecular weight is 234 g/mol. The molecule has 3 N–H and O–H groups in total. The smallest absolute Gasteiger partial charge is 0.237 e. The molecular weight excluding hydrogens is 212 g/mol. The molecule has 0 aliphatic rings. The first kappa shape index (κ1) is 13.7. The van der Waals surface area contributed by atoms with Gasteiger partial charge in [-0.15, -0.1) is 0 Å². The van der Waals surface area contributed by atoms with Crippen LogP contribution in [0.5, 0.6) is 0 Å². The number of carbonyl (C=O) groups is 1. The second kappa shape index (κ2) is 5.82. The van der Waals surface area contributed by atoms with Gasteiger partial charge in [0, 0.05) is 0 Å². The second-order valence-electron chi connectivity index (χ2n) is 4.61. The fourth-order valence-electron chi connectivity index (χ4n) is 1.90. The van der Waals surface area contributed by atoms with E-state index in [2.05, 4.69) is 37.4 Å². The minimum absolute atomic E-state index is 0.000648. The Morgan fingerprint density at radius 1 is 1.41 bits per heavy atom. The van der Waals surface area contributed by atoms with Crippen LogP contribution in [0.3, 0.4) is 0 Å². The molecule has 3 heteroatoms. The van der Waals surface area contributed by atoms with Crippen molar-refractivity contribution in [2.75, 3.05) is 0 Å². The molecule has 1 aromatic rings. The molecule has 1 unspecified atom stereocenters. The average Bonchev–Trinajstić information content (AvgIpc) is 2.27. The summed E-state index contributed by atoms with van der Waals surface area (Å²) in [5.41, 5.74) is 9.27. The topological polar surface area (TPSA) is 55.1 Å². The Morgan fingerprint density at radius 3 is 2.59 bits per heavy atom. The van der Waals surface area contributed by atoms with Gasteiger partial charge in [0.05, 0.1) is 12.1 Å². The van der Waals surface area contributed by atoms with E-state index in [0.717, 1.165) is 5.56 Å². The largest absolute Gasteiger partial charge is 0.348 e. The quantitative estimate of drug-likeness (QED) is 0.839. The van der Waals surface area contributed by atoms with Gasteiger partial charge in [0.2, 0.25) is 5.91 Å². The molecule has 0 bridgehead atoms. The molecule has 1 aromatic carbocycles. The first-order valence-electron chi connectivity index (χ1n) is 6.08. The molecule has 0 saturated carbocycles. The molecule has 0 radical (unpaired) electrons. The molecular formula is C14H22N2O. The zero-order chi connectivity index (χ0) is 13.0. The van der Waals surface area contributed by atoms with E-state index in [4.69, 9.17) is 5.73 Å². The summed E-state index contributed by atoms with van der Waals surface area (Å²) >= 11 is 0. The highest BCUT2D eigenvalue weighted by Gasteiger charge is 2.15. The van der Waals surface area contributed by atoms with Crippen LogP contribution in [0.25, 0.3) is 0 Å². The SMILES string of the molecule is CC[C@H](N)C(=O)NC(C)c1ccc(C)cc1C. The molecule has 0 spiro atoms. The van der Waals surface area contributed by atoms with Gasteiger partial charge in [-0.2, -0.15) is 0 Å². The van der Waals surface area contributed by atoms with Crippen LogP contribution in [0.2, 0.25) is 0 Å². The van der Waals surface area contributed by atoms with Crippen LogP contribution in [0.4, 0.5) is 0 Å². The lowest BCUT2D eigenvalue weighted by atomic mass is 10.00. The van der Waals surface area contributed by atoms with Crippen molar-refractivity contribution in [3.8, 4) is 0 Å². The number of rotatable bonds is 4. The molecule has 0 saturated heterocycles. The standard InChI is InChI=1S/C14H22N2O/c1-5-13(15)14(17)16-11(4)12-7-6-9(2)8-10(12)3/h6-8,11,13H,5,15H2,1-4H3,(H,16,17)/t11?,13-/m0/s1. The zero-order valence-electron chi connectivity index (χ0n) is 11.1. The first-order chi connectivity index (χ1) is 7.95. The highest BCUT2D eigenvalue weighted by atomic mass is 16.2. The summed E-state index contributed by atoms with van der Waals surface area (Å²) < 4.78 is 0. The first-order valence-corrected chi connectivity index (χ1v) is 6.08. The minimum atomic E-state index is -0.414. The van der Waals surface area contributed by atoms with E-state index in [0.29, 0.717) is 6.42 Å². The fourth-order valence-corrected chi connectivity index (χ4v) is 1.90. The molecule has 94 valence electrons. The summed E-state index contributed by atoms with van der Waals surface area (Å²) in [6.07, 6.45) is 0.658. The Balaban J connectivity index is 2.76. The Hall–Kier alpha value is -1.35. The van der Waals surface area contributed by atoms with Crippen LogP contribution in [-0.4, -0.2) is 11.9 Å². The van der Waals surface area contributed by atoms with Gasteiger partial charge < -0.3 is 11.1 Å². The molecule has 0 fully saturated rings. The highest BCUT2D eigenvalue weighted by molar-refractivity contribution is 5.81. The van der Waals surface area contributed by atoms with E-state index in [9.17, 15) is 4.79 Å². The fraction of sp³-hybridized carbons (Fsp3) is 0.500. The third-order valence-electron chi connectivity index (χ3n) is 3.03. The van der Waals surface area contributed by atoms with Crippen molar-refractivity contribution < 1.29 is 4.79 Å². The van der Waals surface area contributed by atoms with Crippen molar-refractivity contribution >= 4 is 5.91 Å². The third-order valence-corrected chi connectivity index (χ3v) is 3.03. The van der Waals surface area contributed by atoms with E-state index in [1.165, 1.54) is 11.1 Å². The van der Waals surface area contributed by atoms with Crippen LogP contribution in [0, 0.1) is 13.8 Å². The molecule has 1 rings (SSSR count). The van der Waals surface area contributed by atoms with Gasteiger partial charge >= 0.3 is 0 Å². The summed E-state index contributed by atoms with van der Waals surface area (Å²) in [5, 5.41) is 2.94. The van der Waals surface area contributed by atoms with Gasteiger partial charge in [-0.1, -0.05) is 30.7 Å². The second-order valence-corrected chi connectivity index (χ2v) is 4.61. The van der Waals surface area contributed by atoms with Gasteiger partial charge in [-0.25, -0.2) is 0 Å². The molecule has 0 aliphatic carbocycles. The Labute approximate surface area is 103 Å². The van der Waals surface area contributed by atoms with Crippen molar-refractivity contribution in [1.82, 2.24) is 5.32 Å². The van der Waals surface area contributed by atoms with Gasteiger partial charge in [0.25, 0.3) is 0 Å². The van der Waals surface area contributed by atoms with Crippen molar-refractivity contribution in [3.63, 3.8) is 0 Å². The number of nitrogens with two attached hydrogens (primary N) is 1. The maximum Gasteiger partial charge on any atom is 0.237 e. The van der Waals surface area contributed by atoms with E-state index < -0.39 is 6.04 Å². The number of benzene rings is 1. The van der Waals surface area contributed by atoms with Crippen LogP contribution < -0.4 is 11.1 Å². The molecule has 1 amide bonds. The Morgan fingerprint density at radius 2 is 2.06 bits per heavy atom. The number of hydrogen-bond acceptors (Lipinski definition) is 2. The van der Waals surface area contributed by atoms with E-state index in [-0.39, 0.29) is 11.9 Å². The Bertz CT molecular complexity index is 401. The summed E-state index contributed by atoms with van der Waals surface area (Å²) in [6, 6.07) is 5.83. The Kier molecular flexibility index (Phi) is 4.70. The van der Waals surface area contributed by atoms with E-state index in [1.54, 1.807) is 0 Å². The van der Waals surface area contributed by atoms with Crippen LogP contribution >= 0.6 is 0 Å². The molecule has 0 aromatic heterocycles. The van der Waals surface area contributed by atoms with Crippen molar-refractivity contribution in [3.05, 3.63) is 34.9 Å². The highest BCUT2D eigenvalue weighted by Crippen LogP contribution is 2.18. The number of nitrogens with one attached hydrogen (secondary N) is 1. The summed E-state index contributed by atoms with van der Waals surface area (Å²) in [6.45, 7) is 8.02. The maximum atomic E-state index is 11.7. The van der Waals surface area contributed by atoms with Crippen LogP contribution in [0.15, 0.2) is 18.2 Å². The van der Waals surface area contributed by atoms with Gasteiger partial charge in [-0.3, -0.25) is 4.79 Å². The van der Waals surface area contributed by atoms with Gasteiger partial charge in [-0.05, 0) is 38.3 Å². The normalized spacial score (nSPS) is 14.2. The van der Waals surface area contributed by atoms with Crippen LogP contribution in [-0.2, 0) is 4.79 Å². The predicted octanol–water partition coefficient (Wildman–Crippen LogP) is 2.22. The zero-order valence-corrected chi connectivity index (χ0v) is 11.1. The van der Waals surface area contributed by atoms with Crippen LogP contribution in [0.1, 0.15) is 43.0 Å². The molecule has 3 nitrogen and oxygen atoms in total. The monoisotopic (exact) mass is 234 g/mol. The molecule has 17 heavy (non-hydrogen) atoms. The maximum absolute atomic E-state index is 11.7. The molecule has 0 heterocycles. The number of amides is 1. The molecule has 0 aliphatic heterocycles. The summed E-state index contributed by atoms with van der Waals surface area (Å²) in [7, 11) is 0. The van der Waals surface area contributed by atoms with Crippen molar-refractivity contribution in [2.24, 2.45) is 5.73 Å². The third kappa shape index (κ3) is 3.56. The summed E-state index contributed by atoms with van der Waals surface area (Å²) in [5.74, 6) is -0.0834. The van der Waals surface area contributed by atoms with Gasteiger partial charge in [0.15, 0.2) is 0 Å². The number of carbonyl (C=O) groups excluding carboxylic acids is 1. The van der Waals surface area contributed by atoms with Crippen molar-refractivity contribution in [1.29, 1.82) is 0 Å².